The van der Waals surface area contributed by atoms with Gasteiger partial charge < -0.3 is 15.5 Å². The van der Waals surface area contributed by atoms with Crippen molar-refractivity contribution in [3.05, 3.63) is 0 Å². The fourth-order valence-electron chi connectivity index (χ4n) is 1.53. The molecule has 0 aromatic rings. The van der Waals surface area contributed by atoms with Crippen LogP contribution in [0.2, 0.25) is 0 Å². The molecule has 0 radical (unpaired) electrons. The van der Waals surface area contributed by atoms with Crippen LogP contribution in [0.25, 0.3) is 0 Å². The summed E-state index contributed by atoms with van der Waals surface area (Å²) >= 11 is 0. The van der Waals surface area contributed by atoms with Crippen molar-refractivity contribution in [1.29, 1.82) is 0 Å². The minimum absolute atomic E-state index is 0. The van der Waals surface area contributed by atoms with Crippen LogP contribution in [0.15, 0.2) is 0 Å². The zero-order valence-corrected chi connectivity index (χ0v) is 14.6. The van der Waals surface area contributed by atoms with Crippen LogP contribution < -0.4 is 10.6 Å². The Hall–Kier alpha value is 1.32. The zero-order chi connectivity index (χ0) is 8.81. The van der Waals surface area contributed by atoms with Crippen LogP contribution in [-0.2, 0) is 0 Å². The molecule has 1 heterocycles. The molecule has 0 aromatic carbocycles. The maximum atomic E-state index is 3.55. The molecule has 1 fully saturated rings. The largest absolute Gasteiger partial charge is 0.315 e. The SMILES string of the molecule is Br.Br.Br.CN(C)CCCN[C@H]1CCNC1. The first-order valence-corrected chi connectivity index (χ1v) is 4.88. The minimum atomic E-state index is 0. The molecule has 0 aromatic heterocycles. The second-order valence-electron chi connectivity index (χ2n) is 3.80. The van der Waals surface area contributed by atoms with E-state index in [4.69, 9.17) is 0 Å². The summed E-state index contributed by atoms with van der Waals surface area (Å²) in [6.07, 6.45) is 2.55. The molecule has 96 valence electrons. The molecule has 1 saturated heterocycles. The van der Waals surface area contributed by atoms with E-state index < -0.39 is 0 Å². The van der Waals surface area contributed by atoms with Crippen molar-refractivity contribution < 1.29 is 0 Å². The standard InChI is InChI=1S/C9H21N3.3BrH/c1-12(2)7-3-5-11-9-4-6-10-8-9;;;/h9-11H,3-8H2,1-2H3;3*1H/t9-;;;/m0.../s1. The van der Waals surface area contributed by atoms with Crippen molar-refractivity contribution >= 4 is 50.9 Å². The van der Waals surface area contributed by atoms with E-state index in [1.54, 1.807) is 0 Å². The molecule has 0 saturated carbocycles. The molecule has 6 heteroatoms. The third-order valence-electron chi connectivity index (χ3n) is 2.28. The first kappa shape index (κ1) is 21.6. The van der Waals surface area contributed by atoms with E-state index in [-0.39, 0.29) is 50.9 Å². The van der Waals surface area contributed by atoms with Gasteiger partial charge in [-0.2, -0.15) is 0 Å². The summed E-state index contributed by atoms with van der Waals surface area (Å²) in [7, 11) is 4.24. The first-order valence-electron chi connectivity index (χ1n) is 4.88. The minimum Gasteiger partial charge on any atom is -0.315 e. The maximum absolute atomic E-state index is 3.55. The Balaban J connectivity index is -0.000000480. The average molecular weight is 414 g/mol. The summed E-state index contributed by atoms with van der Waals surface area (Å²) in [4.78, 5) is 2.23. The van der Waals surface area contributed by atoms with Crippen molar-refractivity contribution in [2.45, 2.75) is 18.9 Å². The predicted molar refractivity (Wildman–Crippen MR) is 83.4 cm³/mol. The maximum Gasteiger partial charge on any atom is 0.0204 e. The van der Waals surface area contributed by atoms with Crippen molar-refractivity contribution in [3.63, 3.8) is 0 Å². The lowest BCUT2D eigenvalue weighted by Gasteiger charge is -2.13. The fraction of sp³-hybridized carbons (Fsp3) is 1.00. The summed E-state index contributed by atoms with van der Waals surface area (Å²) in [5.41, 5.74) is 0. The lowest BCUT2D eigenvalue weighted by Crippen LogP contribution is -2.32. The molecule has 15 heavy (non-hydrogen) atoms. The number of rotatable bonds is 5. The van der Waals surface area contributed by atoms with Gasteiger partial charge in [0.05, 0.1) is 0 Å². The van der Waals surface area contributed by atoms with Crippen molar-refractivity contribution in [2.75, 3.05) is 40.3 Å². The second-order valence-corrected chi connectivity index (χ2v) is 3.80. The van der Waals surface area contributed by atoms with Gasteiger partial charge in [-0.25, -0.2) is 0 Å². The van der Waals surface area contributed by atoms with Gasteiger partial charge in [-0.15, -0.1) is 50.9 Å². The molecule has 1 aliphatic heterocycles. The number of halogens is 3. The molecule has 1 aliphatic rings. The Morgan fingerprint density at radius 3 is 2.40 bits per heavy atom. The Morgan fingerprint density at radius 1 is 1.27 bits per heavy atom. The van der Waals surface area contributed by atoms with Crippen LogP contribution in [0.1, 0.15) is 12.8 Å². The van der Waals surface area contributed by atoms with Gasteiger partial charge in [0.1, 0.15) is 0 Å². The predicted octanol–water partition coefficient (Wildman–Crippen LogP) is 1.62. The quantitative estimate of drug-likeness (QED) is 0.671. The van der Waals surface area contributed by atoms with Gasteiger partial charge in [-0.3, -0.25) is 0 Å². The smallest absolute Gasteiger partial charge is 0.0204 e. The topological polar surface area (TPSA) is 27.3 Å². The third kappa shape index (κ3) is 11.6. The highest BCUT2D eigenvalue weighted by Crippen LogP contribution is 1.96. The molecular weight excluding hydrogens is 390 g/mol. The molecule has 0 spiro atoms. The summed E-state index contributed by atoms with van der Waals surface area (Å²) in [5.74, 6) is 0. The van der Waals surface area contributed by atoms with E-state index in [9.17, 15) is 0 Å². The highest BCUT2D eigenvalue weighted by molar-refractivity contribution is 8.93. The van der Waals surface area contributed by atoms with Gasteiger partial charge >= 0.3 is 0 Å². The molecule has 1 atom stereocenters. The van der Waals surface area contributed by atoms with Gasteiger partial charge in [0.15, 0.2) is 0 Å². The molecule has 0 aliphatic carbocycles. The monoisotopic (exact) mass is 411 g/mol. The summed E-state index contributed by atoms with van der Waals surface area (Å²) in [6, 6.07) is 0.729. The van der Waals surface area contributed by atoms with Gasteiger partial charge in [0, 0.05) is 12.6 Å². The van der Waals surface area contributed by atoms with E-state index in [1.807, 2.05) is 0 Å². The van der Waals surface area contributed by atoms with E-state index in [0.29, 0.717) is 0 Å². The highest BCUT2D eigenvalue weighted by atomic mass is 79.9. The van der Waals surface area contributed by atoms with E-state index >= 15 is 0 Å². The van der Waals surface area contributed by atoms with Crippen LogP contribution in [-0.4, -0.2) is 51.2 Å². The van der Waals surface area contributed by atoms with Crippen LogP contribution >= 0.6 is 50.9 Å². The zero-order valence-electron chi connectivity index (χ0n) is 9.49. The van der Waals surface area contributed by atoms with Crippen molar-refractivity contribution in [2.24, 2.45) is 0 Å². The Morgan fingerprint density at radius 2 is 1.93 bits per heavy atom. The molecule has 3 nitrogen and oxygen atoms in total. The molecule has 0 unspecified atom stereocenters. The van der Waals surface area contributed by atoms with Gasteiger partial charge in [0.2, 0.25) is 0 Å². The van der Waals surface area contributed by atoms with Crippen LogP contribution in [0, 0.1) is 0 Å². The van der Waals surface area contributed by atoms with Gasteiger partial charge in [-0.05, 0) is 46.6 Å². The Labute approximate surface area is 125 Å². The van der Waals surface area contributed by atoms with E-state index in [1.165, 1.54) is 25.9 Å². The number of nitrogens with zero attached hydrogens (tertiary/aromatic N) is 1. The van der Waals surface area contributed by atoms with Crippen molar-refractivity contribution in [3.8, 4) is 0 Å². The molecule has 2 N–H and O–H groups in total. The lowest BCUT2D eigenvalue weighted by atomic mass is 10.2. The number of nitrogens with one attached hydrogen (secondary N) is 2. The number of hydrogen-bond acceptors (Lipinski definition) is 3. The molecule has 1 rings (SSSR count). The Kier molecular flexibility index (Phi) is 19.3. The van der Waals surface area contributed by atoms with Crippen molar-refractivity contribution in [1.82, 2.24) is 15.5 Å². The normalized spacial score (nSPS) is 19.0. The van der Waals surface area contributed by atoms with E-state index in [2.05, 4.69) is 29.6 Å². The van der Waals surface area contributed by atoms with E-state index in [0.717, 1.165) is 19.1 Å². The Bertz CT molecular complexity index is 119. The fourth-order valence-corrected chi connectivity index (χ4v) is 1.53. The van der Waals surface area contributed by atoms with Crippen LogP contribution in [0.5, 0.6) is 0 Å². The second kappa shape index (κ2) is 13.4. The molecule has 0 amide bonds. The van der Waals surface area contributed by atoms with Gasteiger partial charge in [-0.1, -0.05) is 0 Å². The highest BCUT2D eigenvalue weighted by Gasteiger charge is 2.12. The summed E-state index contributed by atoms with van der Waals surface area (Å²) in [6.45, 7) is 4.69. The molecule has 0 bridgehead atoms. The number of hydrogen-bond donors (Lipinski definition) is 2. The van der Waals surface area contributed by atoms with Gasteiger partial charge in [0.25, 0.3) is 0 Å². The van der Waals surface area contributed by atoms with Crippen LogP contribution in [0.3, 0.4) is 0 Å². The third-order valence-corrected chi connectivity index (χ3v) is 2.28. The van der Waals surface area contributed by atoms with Crippen LogP contribution in [0.4, 0.5) is 0 Å². The summed E-state index contributed by atoms with van der Waals surface area (Å²) in [5, 5.41) is 6.90. The lowest BCUT2D eigenvalue weighted by molar-refractivity contribution is 0.388. The first-order chi connectivity index (χ1) is 5.79. The summed E-state index contributed by atoms with van der Waals surface area (Å²) < 4.78 is 0. The molecular formula is C9H24Br3N3. The average Bonchev–Trinajstić information content (AvgIpc) is 2.49.